The van der Waals surface area contributed by atoms with Crippen LogP contribution in [0.1, 0.15) is 25.7 Å². The van der Waals surface area contributed by atoms with Crippen molar-refractivity contribution in [1.29, 1.82) is 0 Å². The van der Waals surface area contributed by atoms with Crippen LogP contribution in [-0.4, -0.2) is 8.93 Å². The summed E-state index contributed by atoms with van der Waals surface area (Å²) in [5.74, 6) is 0. The van der Waals surface area contributed by atoms with Crippen LogP contribution in [0.15, 0.2) is 0 Å². The molecule has 0 bridgehead atoms. The van der Waals surface area contributed by atoms with Crippen molar-refractivity contribution in [2.24, 2.45) is 11.5 Å². The molecule has 0 aromatic rings. The fourth-order valence-corrected chi connectivity index (χ4v) is 4.58. The molecule has 1 saturated carbocycles. The number of hydrogen-bond donors (Lipinski definition) is 2. The van der Waals surface area contributed by atoms with Crippen LogP contribution in [0.25, 0.3) is 0 Å². The SMILES string of the molecule is N[C@]1(Cl)CCCC[C@]1(N)[Pt][Cl]. The number of alkyl halides is 1. The van der Waals surface area contributed by atoms with E-state index in [0.29, 0.717) is 0 Å². The second kappa shape index (κ2) is 3.51. The minimum absolute atomic E-state index is 0.464. The van der Waals surface area contributed by atoms with Crippen molar-refractivity contribution >= 4 is 21.0 Å². The van der Waals surface area contributed by atoms with E-state index in [9.17, 15) is 0 Å². The van der Waals surface area contributed by atoms with Crippen LogP contribution >= 0.6 is 21.0 Å². The van der Waals surface area contributed by atoms with Gasteiger partial charge in [0.15, 0.2) is 0 Å². The predicted molar refractivity (Wildman–Crippen MR) is 44.0 cm³/mol. The number of rotatable bonds is 1. The number of nitrogens with two attached hydrogens (primary N) is 2. The molecule has 0 unspecified atom stereocenters. The van der Waals surface area contributed by atoms with Gasteiger partial charge in [-0.1, -0.05) is 0 Å². The van der Waals surface area contributed by atoms with Crippen LogP contribution in [0.3, 0.4) is 0 Å². The third-order valence-electron chi connectivity index (χ3n) is 2.09. The molecule has 2 nitrogen and oxygen atoms in total. The van der Waals surface area contributed by atoms with Crippen LogP contribution in [0.4, 0.5) is 0 Å². The van der Waals surface area contributed by atoms with Gasteiger partial charge < -0.3 is 0 Å². The van der Waals surface area contributed by atoms with E-state index < -0.39 is 26.4 Å². The Kier molecular flexibility index (Phi) is 3.28. The third-order valence-corrected chi connectivity index (χ3v) is 7.03. The van der Waals surface area contributed by atoms with Gasteiger partial charge >= 0.3 is 84.6 Å². The average Bonchev–Trinajstić information content (AvgIpc) is 1.95. The second-order valence-corrected chi connectivity index (χ2v) is 7.05. The van der Waals surface area contributed by atoms with Crippen LogP contribution < -0.4 is 11.5 Å². The molecule has 1 aliphatic carbocycles. The van der Waals surface area contributed by atoms with E-state index in [4.69, 9.17) is 32.5 Å². The van der Waals surface area contributed by atoms with Crippen LogP contribution in [0.2, 0.25) is 0 Å². The summed E-state index contributed by atoms with van der Waals surface area (Å²) in [6.45, 7) is 0. The molecule has 11 heavy (non-hydrogen) atoms. The standard InChI is InChI=1S/C6H12ClN2.ClH.Pt/c7-6(9)4-2-1-3-5(6)8;;/h1-4,8-9H2;1H;/q;;+1/p-1/t6-;;/m1../s1. The maximum absolute atomic E-state index is 6.08. The molecule has 4 N–H and O–H groups in total. The zero-order valence-corrected chi connectivity index (χ0v) is 9.84. The summed E-state index contributed by atoms with van der Waals surface area (Å²) in [5.41, 5.74) is 11.8. The molecular weight excluding hydrogens is 366 g/mol. The van der Waals surface area contributed by atoms with Gasteiger partial charge in [-0.25, -0.2) is 0 Å². The summed E-state index contributed by atoms with van der Waals surface area (Å²) in [6, 6.07) is 0. The van der Waals surface area contributed by atoms with Crippen molar-refractivity contribution in [3.05, 3.63) is 0 Å². The van der Waals surface area contributed by atoms with Crippen molar-refractivity contribution in [1.82, 2.24) is 0 Å². The van der Waals surface area contributed by atoms with E-state index in [-0.39, 0.29) is 0 Å². The summed E-state index contributed by atoms with van der Waals surface area (Å²) >= 11 is 5.47. The van der Waals surface area contributed by atoms with Gasteiger partial charge in [0.05, 0.1) is 0 Å². The average molecular weight is 378 g/mol. The summed E-state index contributed by atoms with van der Waals surface area (Å²) in [4.78, 5) is -0.749. The van der Waals surface area contributed by atoms with Gasteiger partial charge in [-0.2, -0.15) is 0 Å². The van der Waals surface area contributed by atoms with Gasteiger partial charge in [0, 0.05) is 0 Å². The third kappa shape index (κ3) is 1.92. The Labute approximate surface area is 84.4 Å². The van der Waals surface area contributed by atoms with Crippen LogP contribution in [0.5, 0.6) is 0 Å². The van der Waals surface area contributed by atoms with Gasteiger partial charge in [-0.3, -0.25) is 0 Å². The molecule has 0 radical (unpaired) electrons. The normalized spacial score (nSPS) is 46.2. The van der Waals surface area contributed by atoms with Crippen molar-refractivity contribution in [2.45, 2.75) is 34.6 Å². The Balaban J connectivity index is 2.74. The quantitative estimate of drug-likeness (QED) is 0.535. The monoisotopic (exact) mass is 377 g/mol. The Morgan fingerprint density at radius 2 is 1.73 bits per heavy atom. The van der Waals surface area contributed by atoms with Crippen molar-refractivity contribution in [2.75, 3.05) is 0 Å². The van der Waals surface area contributed by atoms with Gasteiger partial charge in [0.25, 0.3) is 0 Å². The van der Waals surface area contributed by atoms with Crippen LogP contribution in [-0.2, 0) is 17.5 Å². The van der Waals surface area contributed by atoms with Crippen LogP contribution in [0, 0.1) is 0 Å². The minimum atomic E-state index is -0.749. The van der Waals surface area contributed by atoms with E-state index in [2.05, 4.69) is 0 Å². The molecule has 5 heteroatoms. The Hall–Kier alpha value is 1.19. The van der Waals surface area contributed by atoms with E-state index in [1.807, 2.05) is 0 Å². The molecule has 0 spiro atoms. The molecule has 1 fully saturated rings. The summed E-state index contributed by atoms with van der Waals surface area (Å²) < 4.78 is -0.464. The first kappa shape index (κ1) is 10.3. The predicted octanol–water partition coefficient (Wildman–Crippen LogP) is 1.35. The number of hydrogen-bond acceptors (Lipinski definition) is 2. The molecule has 1 rings (SSSR count). The Bertz CT molecular complexity index is 154. The van der Waals surface area contributed by atoms with E-state index >= 15 is 0 Å². The molecule has 0 saturated heterocycles. The first-order valence-electron chi connectivity index (χ1n) is 3.50. The van der Waals surface area contributed by atoms with Crippen molar-refractivity contribution in [3.8, 4) is 0 Å². The summed E-state index contributed by atoms with van der Waals surface area (Å²) in [5, 5.41) is 0. The Morgan fingerprint density at radius 3 is 2.09 bits per heavy atom. The van der Waals surface area contributed by atoms with Crippen molar-refractivity contribution in [3.63, 3.8) is 0 Å². The van der Waals surface area contributed by atoms with Gasteiger partial charge in [0.2, 0.25) is 0 Å². The maximum atomic E-state index is 6.08. The number of halogens is 2. The zero-order chi connectivity index (χ0) is 8.54. The zero-order valence-electron chi connectivity index (χ0n) is 6.06. The molecular formula is C6H12Cl2N2Pt. The van der Waals surface area contributed by atoms with Gasteiger partial charge in [0.1, 0.15) is 0 Å². The van der Waals surface area contributed by atoms with E-state index in [1.165, 1.54) is 0 Å². The molecule has 2 atom stereocenters. The van der Waals surface area contributed by atoms with Crippen molar-refractivity contribution < 1.29 is 17.5 Å². The Morgan fingerprint density at radius 1 is 1.18 bits per heavy atom. The molecule has 0 aromatic heterocycles. The van der Waals surface area contributed by atoms with E-state index in [1.54, 1.807) is 0 Å². The first-order chi connectivity index (χ1) is 5.02. The summed E-state index contributed by atoms with van der Waals surface area (Å²) in [7, 11) is 5.83. The summed E-state index contributed by atoms with van der Waals surface area (Å²) in [6.07, 6.45) is 3.84. The molecule has 1 aliphatic rings. The second-order valence-electron chi connectivity index (χ2n) is 2.94. The topological polar surface area (TPSA) is 52.0 Å². The fraction of sp³-hybridized carbons (Fsp3) is 1.00. The fourth-order valence-electron chi connectivity index (χ4n) is 1.24. The van der Waals surface area contributed by atoms with Gasteiger partial charge in [-0.05, 0) is 0 Å². The molecule has 0 amide bonds. The molecule has 70 valence electrons. The molecule has 0 aliphatic heterocycles. The van der Waals surface area contributed by atoms with Gasteiger partial charge in [-0.15, -0.1) is 0 Å². The molecule has 0 heterocycles. The molecule has 0 aromatic carbocycles. The van der Waals surface area contributed by atoms with E-state index in [0.717, 1.165) is 25.7 Å². The first-order valence-corrected chi connectivity index (χ1v) is 7.83.